The minimum atomic E-state index is -1.83. The van der Waals surface area contributed by atoms with Crippen LogP contribution in [-0.2, 0) is 35.1 Å². The van der Waals surface area contributed by atoms with E-state index in [1.54, 1.807) is 19.9 Å². The van der Waals surface area contributed by atoms with Crippen LogP contribution >= 0.6 is 23.1 Å². The highest BCUT2D eigenvalue weighted by Gasteiger charge is 2.43. The molecule has 0 aliphatic rings. The summed E-state index contributed by atoms with van der Waals surface area (Å²) in [5.41, 5.74) is 5.49. The fraction of sp³-hybridized carbons (Fsp3) is 0.600. The number of hydrogen-bond acceptors (Lipinski definition) is 9. The number of anilines is 1. The number of esters is 2. The van der Waals surface area contributed by atoms with Gasteiger partial charge in [-0.3, -0.25) is 25.0 Å². The molecule has 8 nitrogen and oxygen atoms in total. The van der Waals surface area contributed by atoms with Gasteiger partial charge in [0.05, 0.1) is 18.2 Å². The van der Waals surface area contributed by atoms with Gasteiger partial charge in [-0.25, -0.2) is 4.79 Å². The summed E-state index contributed by atoms with van der Waals surface area (Å²) in [6.07, 6.45) is 1.77. The lowest BCUT2D eigenvalue weighted by Gasteiger charge is -2.35. The third kappa shape index (κ3) is 7.41. The number of ether oxygens (including phenoxy) is 2. The second-order valence-corrected chi connectivity index (χ2v) is 8.95. The molecule has 1 rings (SSSR count). The van der Waals surface area contributed by atoms with Gasteiger partial charge >= 0.3 is 11.9 Å². The smallest absolute Gasteiger partial charge is 0.347 e. The van der Waals surface area contributed by atoms with E-state index < -0.39 is 17.6 Å². The second kappa shape index (κ2) is 12.7. The second-order valence-electron chi connectivity index (χ2n) is 6.56. The van der Waals surface area contributed by atoms with Crippen LogP contribution in [0.4, 0.5) is 5.00 Å². The molecule has 0 aliphatic carbocycles. The number of hydrogen-bond donors (Lipinski definition) is 1. The Kier molecular flexibility index (Phi) is 11.1. The van der Waals surface area contributed by atoms with Crippen molar-refractivity contribution < 1.29 is 28.7 Å². The summed E-state index contributed by atoms with van der Waals surface area (Å²) in [6.45, 7) is 7.07. The van der Waals surface area contributed by atoms with Crippen LogP contribution in [0.2, 0.25) is 0 Å². The fourth-order valence-corrected chi connectivity index (χ4v) is 4.60. The number of thioether (sulfide) groups is 1. The van der Waals surface area contributed by atoms with E-state index in [1.165, 1.54) is 30.0 Å². The molecular formula is C20H30N2O6S2. The van der Waals surface area contributed by atoms with Crippen molar-refractivity contribution in [2.24, 2.45) is 5.73 Å². The van der Waals surface area contributed by atoms with Crippen molar-refractivity contribution in [3.63, 3.8) is 0 Å². The van der Waals surface area contributed by atoms with Gasteiger partial charge < -0.3 is 9.47 Å². The molecule has 10 heteroatoms. The summed E-state index contributed by atoms with van der Waals surface area (Å²) >= 11 is 2.63. The Bertz CT molecular complexity index is 752. The quantitative estimate of drug-likeness (QED) is 0.208. The zero-order valence-corrected chi connectivity index (χ0v) is 19.5. The number of rotatable bonds is 13. The lowest BCUT2D eigenvalue weighted by molar-refractivity contribution is -0.151. The molecule has 1 aromatic rings. The number of carbonyl (C=O) groups excluding carboxylic acids is 4. The van der Waals surface area contributed by atoms with Gasteiger partial charge in [0.1, 0.15) is 0 Å². The van der Waals surface area contributed by atoms with Gasteiger partial charge in [-0.15, -0.1) is 11.3 Å². The van der Waals surface area contributed by atoms with E-state index in [9.17, 15) is 19.2 Å². The first-order valence-electron chi connectivity index (χ1n) is 9.78. The molecule has 1 atom stereocenters. The van der Waals surface area contributed by atoms with Crippen LogP contribution in [0.3, 0.4) is 0 Å². The minimum absolute atomic E-state index is 0.0784. The number of aryl methyl sites for hydroxylation is 2. The molecule has 0 saturated heterocycles. The molecule has 0 unspecified atom stereocenters. The Balaban J connectivity index is 3.08. The summed E-state index contributed by atoms with van der Waals surface area (Å²) in [7, 11) is 0. The lowest BCUT2D eigenvalue weighted by atomic mass is 10.0. The van der Waals surface area contributed by atoms with Crippen LogP contribution in [-0.4, -0.2) is 48.1 Å². The minimum Gasteiger partial charge on any atom is -0.466 e. The zero-order chi connectivity index (χ0) is 22.7. The predicted octanol–water partition coefficient (Wildman–Crippen LogP) is 2.79. The van der Waals surface area contributed by atoms with Gasteiger partial charge in [0.2, 0.25) is 6.41 Å². The van der Waals surface area contributed by atoms with E-state index in [2.05, 4.69) is 0 Å². The van der Waals surface area contributed by atoms with Crippen LogP contribution in [0.1, 0.15) is 50.5 Å². The molecule has 0 spiro atoms. The van der Waals surface area contributed by atoms with E-state index in [0.717, 1.165) is 28.2 Å². The Labute approximate surface area is 185 Å². The Morgan fingerprint density at radius 3 is 2.50 bits per heavy atom. The predicted molar refractivity (Wildman–Crippen MR) is 118 cm³/mol. The Morgan fingerprint density at radius 2 is 1.93 bits per heavy atom. The highest BCUT2D eigenvalue weighted by molar-refractivity contribution is 8.13. The van der Waals surface area contributed by atoms with Crippen molar-refractivity contribution >= 4 is 51.6 Å². The van der Waals surface area contributed by atoms with Crippen molar-refractivity contribution in [1.82, 2.24) is 0 Å². The first-order chi connectivity index (χ1) is 14.2. The largest absolute Gasteiger partial charge is 0.466 e. The SMILES string of the molecule is CCOC(=O)CC[C@](N)(C(=O)OCC)N(C=O)c1cc(C)c(CCCSC(C)=O)s1. The first-order valence-corrected chi connectivity index (χ1v) is 11.6. The van der Waals surface area contributed by atoms with Crippen molar-refractivity contribution in [2.45, 2.75) is 59.0 Å². The van der Waals surface area contributed by atoms with E-state index in [-0.39, 0.29) is 31.2 Å². The van der Waals surface area contributed by atoms with Gasteiger partial charge in [0, 0.05) is 30.4 Å². The topological polar surface area (TPSA) is 116 Å². The van der Waals surface area contributed by atoms with Crippen LogP contribution in [0.5, 0.6) is 0 Å². The third-order valence-corrected chi connectivity index (χ3v) is 6.47. The monoisotopic (exact) mass is 458 g/mol. The number of carbonyl (C=O) groups is 4. The van der Waals surface area contributed by atoms with Crippen molar-refractivity contribution in [1.29, 1.82) is 0 Å². The highest BCUT2D eigenvalue weighted by atomic mass is 32.2. The van der Waals surface area contributed by atoms with E-state index in [4.69, 9.17) is 15.2 Å². The molecule has 30 heavy (non-hydrogen) atoms. The van der Waals surface area contributed by atoms with E-state index in [1.807, 2.05) is 6.92 Å². The van der Waals surface area contributed by atoms with Crippen LogP contribution < -0.4 is 10.6 Å². The molecule has 1 heterocycles. The van der Waals surface area contributed by atoms with Crippen molar-refractivity contribution in [3.05, 3.63) is 16.5 Å². The van der Waals surface area contributed by atoms with Gasteiger partial charge in [0.25, 0.3) is 0 Å². The maximum atomic E-state index is 12.6. The molecule has 0 saturated carbocycles. The molecule has 1 aromatic heterocycles. The molecule has 1 amide bonds. The molecule has 0 aliphatic heterocycles. The molecule has 0 fully saturated rings. The molecule has 2 N–H and O–H groups in total. The number of nitrogens with zero attached hydrogens (tertiary/aromatic N) is 1. The standard InChI is InChI=1S/C20H30N2O6S2/c1-5-27-18(25)9-10-20(21,19(26)28-6-2)22(13-23)17-12-14(3)16(30-17)8-7-11-29-15(4)24/h12-13H,5-11,21H2,1-4H3/t20-/m1/s1. The average molecular weight is 459 g/mol. The molecule has 0 bridgehead atoms. The number of thiophene rings is 1. The number of amides is 1. The normalized spacial score (nSPS) is 12.7. The molecular weight excluding hydrogens is 428 g/mol. The van der Waals surface area contributed by atoms with Crippen LogP contribution in [0.25, 0.3) is 0 Å². The molecule has 0 radical (unpaired) electrons. The van der Waals surface area contributed by atoms with Gasteiger partial charge in [0.15, 0.2) is 10.8 Å². The zero-order valence-electron chi connectivity index (χ0n) is 17.9. The maximum Gasteiger partial charge on any atom is 0.347 e. The van der Waals surface area contributed by atoms with Crippen LogP contribution in [0, 0.1) is 6.92 Å². The Morgan fingerprint density at radius 1 is 1.27 bits per heavy atom. The maximum absolute atomic E-state index is 12.6. The van der Waals surface area contributed by atoms with Gasteiger partial charge in [-0.1, -0.05) is 11.8 Å². The fourth-order valence-electron chi connectivity index (χ4n) is 2.76. The van der Waals surface area contributed by atoms with Gasteiger partial charge in [-0.05, 0) is 45.2 Å². The third-order valence-electron chi connectivity index (χ3n) is 4.28. The summed E-state index contributed by atoms with van der Waals surface area (Å²) < 4.78 is 10.0. The number of nitrogens with two attached hydrogens (primary N) is 1. The van der Waals surface area contributed by atoms with Crippen molar-refractivity contribution in [3.8, 4) is 0 Å². The average Bonchev–Trinajstić information content (AvgIpc) is 3.04. The summed E-state index contributed by atoms with van der Waals surface area (Å²) in [6, 6.07) is 1.79. The molecule has 0 aromatic carbocycles. The lowest BCUT2D eigenvalue weighted by Crippen LogP contribution is -2.62. The Hall–Kier alpha value is -1.91. The highest BCUT2D eigenvalue weighted by Crippen LogP contribution is 2.34. The van der Waals surface area contributed by atoms with Crippen molar-refractivity contribution in [2.75, 3.05) is 23.9 Å². The molecule has 168 valence electrons. The first kappa shape index (κ1) is 26.1. The summed E-state index contributed by atoms with van der Waals surface area (Å²) in [5, 5.41) is 0.575. The van der Waals surface area contributed by atoms with E-state index >= 15 is 0 Å². The van der Waals surface area contributed by atoms with Gasteiger partial charge in [-0.2, -0.15) is 0 Å². The van der Waals surface area contributed by atoms with Crippen LogP contribution in [0.15, 0.2) is 6.07 Å². The summed E-state index contributed by atoms with van der Waals surface area (Å²) in [4.78, 5) is 49.7. The summed E-state index contributed by atoms with van der Waals surface area (Å²) in [5.74, 6) is -0.580. The van der Waals surface area contributed by atoms with E-state index in [0.29, 0.717) is 17.2 Å².